The number of hydrogen-bond donors (Lipinski definition) is 2. The summed E-state index contributed by atoms with van der Waals surface area (Å²) in [5.74, 6) is -0.632. The van der Waals surface area contributed by atoms with Crippen LogP contribution in [0, 0.1) is 6.92 Å². The zero-order valence-corrected chi connectivity index (χ0v) is 23.9. The van der Waals surface area contributed by atoms with Crippen molar-refractivity contribution in [3.63, 3.8) is 0 Å². The first kappa shape index (κ1) is 30.9. The Morgan fingerprint density at radius 3 is 2.13 bits per heavy atom. The van der Waals surface area contributed by atoms with Crippen molar-refractivity contribution in [2.24, 2.45) is 0 Å². The van der Waals surface area contributed by atoms with E-state index in [4.69, 9.17) is 4.74 Å². The van der Waals surface area contributed by atoms with Crippen LogP contribution in [0.5, 0.6) is 0 Å². The van der Waals surface area contributed by atoms with E-state index in [-0.39, 0.29) is 11.8 Å². The maximum atomic E-state index is 13.8. The van der Waals surface area contributed by atoms with E-state index in [0.717, 1.165) is 37.7 Å². The van der Waals surface area contributed by atoms with Gasteiger partial charge in [0.05, 0.1) is 0 Å². The third-order valence-electron chi connectivity index (χ3n) is 6.22. The molecule has 0 heterocycles. The van der Waals surface area contributed by atoms with Crippen LogP contribution in [0.4, 0.5) is 10.5 Å². The Hall–Kier alpha value is -3.35. The van der Waals surface area contributed by atoms with Crippen molar-refractivity contribution in [1.82, 2.24) is 10.2 Å². The highest BCUT2D eigenvalue weighted by atomic mass is 16.6. The van der Waals surface area contributed by atoms with Crippen LogP contribution in [-0.2, 0) is 14.3 Å². The zero-order chi connectivity index (χ0) is 28.1. The van der Waals surface area contributed by atoms with Crippen LogP contribution in [0.1, 0.15) is 90.3 Å². The van der Waals surface area contributed by atoms with E-state index in [1.807, 2.05) is 61.5 Å². The second-order valence-corrected chi connectivity index (χ2v) is 10.8. The van der Waals surface area contributed by atoms with Crippen molar-refractivity contribution < 1.29 is 19.1 Å². The molecule has 0 fully saturated rings. The zero-order valence-electron chi connectivity index (χ0n) is 23.9. The minimum atomic E-state index is -0.873. The fraction of sp³-hybridized carbons (Fsp3) is 0.516. The number of aryl methyl sites for hydroxylation is 1. The number of benzene rings is 2. The van der Waals surface area contributed by atoms with Gasteiger partial charge in [0.1, 0.15) is 17.7 Å². The summed E-state index contributed by atoms with van der Waals surface area (Å²) in [5, 5.41) is 5.68. The van der Waals surface area contributed by atoms with Gasteiger partial charge in [-0.3, -0.25) is 9.59 Å². The van der Waals surface area contributed by atoms with Crippen LogP contribution < -0.4 is 10.6 Å². The van der Waals surface area contributed by atoms with Crippen molar-refractivity contribution in [3.05, 3.63) is 65.7 Å². The second kappa shape index (κ2) is 15.2. The molecule has 3 amide bonds. The fourth-order valence-electron chi connectivity index (χ4n) is 4.25. The predicted octanol–water partition coefficient (Wildman–Crippen LogP) is 6.78. The molecule has 2 aromatic rings. The van der Waals surface area contributed by atoms with Crippen molar-refractivity contribution in [2.75, 3.05) is 11.9 Å². The van der Waals surface area contributed by atoms with Gasteiger partial charge in [0, 0.05) is 12.2 Å². The average molecular weight is 524 g/mol. The maximum Gasteiger partial charge on any atom is 0.408 e. The molecule has 2 unspecified atom stereocenters. The second-order valence-electron chi connectivity index (χ2n) is 10.8. The molecule has 0 aliphatic rings. The molecule has 208 valence electrons. The predicted molar refractivity (Wildman–Crippen MR) is 153 cm³/mol. The van der Waals surface area contributed by atoms with E-state index in [0.29, 0.717) is 17.8 Å². The third kappa shape index (κ3) is 10.2. The Morgan fingerprint density at radius 1 is 0.895 bits per heavy atom. The molecule has 2 rings (SSSR count). The van der Waals surface area contributed by atoms with Crippen LogP contribution in [0.3, 0.4) is 0 Å². The first-order valence-electron chi connectivity index (χ1n) is 13.7. The van der Waals surface area contributed by atoms with Crippen LogP contribution in [-0.4, -0.2) is 41.0 Å². The summed E-state index contributed by atoms with van der Waals surface area (Å²) in [4.78, 5) is 41.7. The number of nitrogens with one attached hydrogen (secondary N) is 2. The minimum absolute atomic E-state index is 0.297. The highest BCUT2D eigenvalue weighted by Crippen LogP contribution is 2.26. The van der Waals surface area contributed by atoms with Gasteiger partial charge in [-0.25, -0.2) is 4.79 Å². The first-order chi connectivity index (χ1) is 18.0. The minimum Gasteiger partial charge on any atom is -0.444 e. The molecule has 38 heavy (non-hydrogen) atoms. The van der Waals surface area contributed by atoms with Gasteiger partial charge < -0.3 is 20.3 Å². The van der Waals surface area contributed by atoms with E-state index in [9.17, 15) is 14.4 Å². The number of para-hydroxylation sites is 1. The van der Waals surface area contributed by atoms with Gasteiger partial charge >= 0.3 is 6.09 Å². The van der Waals surface area contributed by atoms with Crippen molar-refractivity contribution in [1.29, 1.82) is 0 Å². The van der Waals surface area contributed by atoms with E-state index in [1.54, 1.807) is 32.6 Å². The van der Waals surface area contributed by atoms with Crippen LogP contribution in [0.25, 0.3) is 0 Å². The van der Waals surface area contributed by atoms with Crippen LogP contribution >= 0.6 is 0 Å². The Labute approximate surface area is 228 Å². The average Bonchev–Trinajstić information content (AvgIpc) is 2.85. The Kier molecular flexibility index (Phi) is 12.3. The number of carbonyl (C=O) groups excluding carboxylic acids is 3. The van der Waals surface area contributed by atoms with E-state index >= 15 is 0 Å². The van der Waals surface area contributed by atoms with Crippen molar-refractivity contribution in [3.8, 4) is 0 Å². The number of amides is 3. The van der Waals surface area contributed by atoms with Crippen molar-refractivity contribution in [2.45, 2.75) is 97.8 Å². The molecule has 7 heteroatoms. The highest BCUT2D eigenvalue weighted by molar-refractivity contribution is 5.99. The van der Waals surface area contributed by atoms with Gasteiger partial charge in [0.15, 0.2) is 0 Å². The number of ether oxygens (including phenoxy) is 1. The van der Waals surface area contributed by atoms with Gasteiger partial charge in [0.2, 0.25) is 5.91 Å². The maximum absolute atomic E-state index is 13.8. The van der Waals surface area contributed by atoms with E-state index < -0.39 is 23.8 Å². The standard InChI is InChI=1S/C31H45N3O4/c1-7-8-9-10-11-17-22-34(29(36)24(3)32-30(37)38-31(4,5)6)27(25-19-13-12-14-20-25)28(35)33-26-21-16-15-18-23(26)2/h12-16,18-21,24,27H,7-11,17,22H2,1-6H3,(H,32,37)(H,33,35). The lowest BCUT2D eigenvalue weighted by atomic mass is 10.0. The first-order valence-corrected chi connectivity index (χ1v) is 13.7. The number of carbonyl (C=O) groups is 3. The smallest absolute Gasteiger partial charge is 0.408 e. The molecule has 0 radical (unpaired) electrons. The molecule has 0 aromatic heterocycles. The summed E-state index contributed by atoms with van der Waals surface area (Å²) in [5.41, 5.74) is 1.65. The van der Waals surface area contributed by atoms with Gasteiger partial charge in [-0.1, -0.05) is 87.6 Å². The molecule has 0 bridgehead atoms. The summed E-state index contributed by atoms with van der Waals surface area (Å²) >= 11 is 0. The number of nitrogens with zero attached hydrogens (tertiary/aromatic N) is 1. The molecular weight excluding hydrogens is 478 g/mol. The molecule has 2 aromatic carbocycles. The summed E-state index contributed by atoms with van der Waals surface area (Å²) < 4.78 is 5.36. The van der Waals surface area contributed by atoms with E-state index in [2.05, 4.69) is 17.6 Å². The van der Waals surface area contributed by atoms with E-state index in [1.165, 1.54) is 6.42 Å². The van der Waals surface area contributed by atoms with Gasteiger partial charge in [0.25, 0.3) is 5.91 Å². The largest absolute Gasteiger partial charge is 0.444 e. The fourth-order valence-corrected chi connectivity index (χ4v) is 4.25. The van der Waals surface area contributed by atoms with Crippen LogP contribution in [0.2, 0.25) is 0 Å². The SMILES string of the molecule is CCCCCCCCN(C(=O)C(C)NC(=O)OC(C)(C)C)C(C(=O)Nc1ccccc1C)c1ccccc1. The highest BCUT2D eigenvalue weighted by Gasteiger charge is 2.34. The molecule has 0 aliphatic heterocycles. The summed E-state index contributed by atoms with van der Waals surface area (Å²) in [6.45, 7) is 11.4. The summed E-state index contributed by atoms with van der Waals surface area (Å²) in [6, 6.07) is 15.1. The summed E-state index contributed by atoms with van der Waals surface area (Å²) in [6.07, 6.45) is 5.62. The number of anilines is 1. The monoisotopic (exact) mass is 523 g/mol. The van der Waals surface area contributed by atoms with Gasteiger partial charge in [-0.05, 0) is 58.2 Å². The molecule has 2 N–H and O–H groups in total. The molecule has 0 saturated heterocycles. The number of rotatable bonds is 13. The molecule has 2 atom stereocenters. The molecular formula is C31H45N3O4. The molecule has 0 spiro atoms. The lowest BCUT2D eigenvalue weighted by Crippen LogP contribution is -2.51. The molecule has 0 saturated carbocycles. The molecule has 7 nitrogen and oxygen atoms in total. The number of alkyl carbamates (subject to hydrolysis) is 1. The third-order valence-corrected chi connectivity index (χ3v) is 6.22. The van der Waals surface area contributed by atoms with Gasteiger partial charge in [-0.15, -0.1) is 0 Å². The Bertz CT molecular complexity index is 1030. The lowest BCUT2D eigenvalue weighted by molar-refractivity contribution is -0.140. The Balaban J connectivity index is 2.34. The lowest BCUT2D eigenvalue weighted by Gasteiger charge is -2.34. The van der Waals surface area contributed by atoms with Crippen molar-refractivity contribution >= 4 is 23.6 Å². The Morgan fingerprint density at radius 2 is 1.50 bits per heavy atom. The van der Waals surface area contributed by atoms with Crippen LogP contribution in [0.15, 0.2) is 54.6 Å². The molecule has 0 aliphatic carbocycles. The number of unbranched alkanes of at least 4 members (excludes halogenated alkanes) is 5. The topological polar surface area (TPSA) is 87.7 Å². The summed E-state index contributed by atoms with van der Waals surface area (Å²) in [7, 11) is 0. The van der Waals surface area contributed by atoms with Gasteiger partial charge in [-0.2, -0.15) is 0 Å². The normalized spacial score (nSPS) is 12.8. The quantitative estimate of drug-likeness (QED) is 0.283. The number of hydrogen-bond acceptors (Lipinski definition) is 4.